The Morgan fingerprint density at radius 3 is 1.62 bits per heavy atom. The predicted molar refractivity (Wildman–Crippen MR) is 304 cm³/mol. The predicted octanol–water partition coefficient (Wildman–Crippen LogP) is 19.0. The molecule has 344 valence electrons. The third-order valence-corrected chi connectivity index (χ3v) is 15.0. The molecule has 0 saturated carbocycles. The fourth-order valence-electron chi connectivity index (χ4n) is 11.6. The molecule has 2 nitrogen and oxygen atoms in total. The monoisotopic (exact) mass is 922 g/mol. The van der Waals surface area contributed by atoms with Gasteiger partial charge in [0.25, 0.3) is 0 Å². The lowest BCUT2D eigenvalue weighted by molar-refractivity contribution is 0.884. The summed E-state index contributed by atoms with van der Waals surface area (Å²) >= 11 is 0. The van der Waals surface area contributed by atoms with Crippen LogP contribution in [0.2, 0.25) is 0 Å². The minimum absolute atomic E-state index is 0.988. The van der Waals surface area contributed by atoms with Crippen LogP contribution >= 0.6 is 0 Å². The van der Waals surface area contributed by atoms with Gasteiger partial charge >= 0.3 is 0 Å². The molecule has 10 aromatic rings. The number of nitrogens with zero attached hydrogens (tertiary/aromatic N) is 2. The van der Waals surface area contributed by atoms with E-state index >= 15 is 0 Å². The lowest BCUT2D eigenvalue weighted by atomic mass is 9.82. The Hall–Kier alpha value is -8.72. The summed E-state index contributed by atoms with van der Waals surface area (Å²) in [6, 6.07) is 85.0. The van der Waals surface area contributed by atoms with Crippen molar-refractivity contribution in [2.45, 2.75) is 38.5 Å². The summed E-state index contributed by atoms with van der Waals surface area (Å²) in [6.45, 7) is 0. The van der Waals surface area contributed by atoms with Crippen molar-refractivity contribution in [3.8, 4) is 50.2 Å². The summed E-state index contributed by atoms with van der Waals surface area (Å²) in [7, 11) is 0. The third-order valence-electron chi connectivity index (χ3n) is 15.0. The molecule has 72 heavy (non-hydrogen) atoms. The highest BCUT2D eigenvalue weighted by atomic mass is 15.1. The van der Waals surface area contributed by atoms with Crippen LogP contribution < -0.4 is 4.90 Å². The van der Waals surface area contributed by atoms with Gasteiger partial charge in [0.05, 0.1) is 11.2 Å². The van der Waals surface area contributed by atoms with Crippen molar-refractivity contribution >= 4 is 39.1 Å². The quantitative estimate of drug-likeness (QED) is 0.133. The minimum Gasteiger partial charge on any atom is -0.313 e. The molecule has 0 unspecified atom stereocenters. The number of hydrogen-bond donors (Lipinski definition) is 0. The van der Waals surface area contributed by atoms with E-state index in [-0.39, 0.29) is 0 Å². The number of para-hydroxylation sites is 3. The van der Waals surface area contributed by atoms with E-state index in [1.54, 1.807) is 0 Å². The van der Waals surface area contributed by atoms with Gasteiger partial charge in [-0.05, 0) is 184 Å². The maximum Gasteiger partial charge on any atom is 0.0540 e. The van der Waals surface area contributed by atoms with Gasteiger partial charge in [0.15, 0.2) is 0 Å². The van der Waals surface area contributed by atoms with Crippen molar-refractivity contribution in [3.63, 3.8) is 0 Å². The Bertz CT molecular complexity index is 3700. The van der Waals surface area contributed by atoms with E-state index in [2.05, 4.69) is 264 Å². The van der Waals surface area contributed by atoms with E-state index in [9.17, 15) is 0 Å². The molecule has 1 aromatic heterocycles. The normalized spacial score (nSPS) is 14.1. The lowest BCUT2D eigenvalue weighted by Crippen LogP contribution is -2.11. The van der Waals surface area contributed by atoms with E-state index in [1.807, 2.05) is 0 Å². The third kappa shape index (κ3) is 8.05. The van der Waals surface area contributed by atoms with Gasteiger partial charge in [-0.2, -0.15) is 0 Å². The molecule has 0 atom stereocenters. The molecule has 0 spiro atoms. The van der Waals surface area contributed by atoms with Gasteiger partial charge in [-0.1, -0.05) is 182 Å². The first kappa shape index (κ1) is 43.3. The van der Waals surface area contributed by atoms with Gasteiger partial charge < -0.3 is 9.47 Å². The zero-order chi connectivity index (χ0) is 47.8. The number of aromatic nitrogens is 1. The van der Waals surface area contributed by atoms with E-state index in [4.69, 9.17) is 0 Å². The van der Waals surface area contributed by atoms with Gasteiger partial charge in [0.1, 0.15) is 0 Å². The zero-order valence-corrected chi connectivity index (χ0v) is 40.4. The smallest absolute Gasteiger partial charge is 0.0540 e. The molecule has 2 heteroatoms. The number of fused-ring (bicyclic) bond motifs is 3. The molecule has 0 bridgehead atoms. The van der Waals surface area contributed by atoms with Crippen LogP contribution in [0.3, 0.4) is 0 Å². The van der Waals surface area contributed by atoms with Crippen LogP contribution in [0, 0.1) is 0 Å². The molecule has 3 aliphatic carbocycles. The first-order valence-corrected chi connectivity index (χ1v) is 25.7. The second-order valence-electron chi connectivity index (χ2n) is 19.3. The number of benzene rings is 9. The number of allylic oxidation sites excluding steroid dienone is 7. The molecule has 13 rings (SSSR count). The van der Waals surface area contributed by atoms with Crippen molar-refractivity contribution in [1.82, 2.24) is 4.57 Å². The van der Waals surface area contributed by atoms with E-state index in [0.29, 0.717) is 0 Å². The van der Waals surface area contributed by atoms with Crippen LogP contribution in [0.15, 0.2) is 266 Å². The van der Waals surface area contributed by atoms with E-state index in [1.165, 1.54) is 106 Å². The fourth-order valence-corrected chi connectivity index (χ4v) is 11.6. The SMILES string of the molecule is C1=CC2=C(CC1)C(c1ccc(N(c3ccc(-c4cc(-c5ccccc5)cc(-c5ccccc5)c4)cc3)c3ccccc3-c3cccc(C4=CCCc5c4c4ccccc4n5-c4ccccc4)c3)cc1)=CCC2. The first-order chi connectivity index (χ1) is 35.7. The Morgan fingerprint density at radius 1 is 0.375 bits per heavy atom. The summed E-state index contributed by atoms with van der Waals surface area (Å²) in [5, 5.41) is 1.30. The second kappa shape index (κ2) is 18.9. The second-order valence-corrected chi connectivity index (χ2v) is 19.3. The Balaban J connectivity index is 0.920. The van der Waals surface area contributed by atoms with Gasteiger partial charge in [-0.15, -0.1) is 0 Å². The molecule has 0 radical (unpaired) electrons. The average Bonchev–Trinajstić information content (AvgIpc) is 3.81. The van der Waals surface area contributed by atoms with Gasteiger partial charge in [-0.25, -0.2) is 0 Å². The van der Waals surface area contributed by atoms with Crippen molar-refractivity contribution in [2.24, 2.45) is 0 Å². The largest absolute Gasteiger partial charge is 0.313 e. The van der Waals surface area contributed by atoms with Crippen LogP contribution in [0.25, 0.3) is 72.2 Å². The molecular formula is C70H54N2. The first-order valence-electron chi connectivity index (χ1n) is 25.7. The standard InChI is InChI=1S/C70H54N2/c1-4-19-49(20-5-1)56-46-57(50-21-6-2-7-22-50)48-58(47-56)51-37-41-60(42-38-51)71(61-43-39-53(40-44-61)63-32-17-24-52-23-10-11-29-62(52)63)67-34-14-12-30-64(67)54-25-16-26-55(45-54)65-33-18-36-69-70(65)66-31-13-15-35-68(66)72(69)59-27-8-3-9-28-59/h1-10,12-16,19-23,25-28,30-35,37-48H,11,17-18,24,29,36H2. The van der Waals surface area contributed by atoms with Crippen molar-refractivity contribution < 1.29 is 0 Å². The minimum atomic E-state index is 0.988. The van der Waals surface area contributed by atoms with Crippen molar-refractivity contribution in [2.75, 3.05) is 4.90 Å². The maximum atomic E-state index is 2.49. The number of hydrogen-bond acceptors (Lipinski definition) is 1. The molecule has 0 fully saturated rings. The van der Waals surface area contributed by atoms with Crippen LogP contribution in [0.4, 0.5) is 17.1 Å². The Morgan fingerprint density at radius 2 is 0.917 bits per heavy atom. The lowest BCUT2D eigenvalue weighted by Gasteiger charge is -2.29. The molecule has 0 N–H and O–H groups in total. The zero-order valence-electron chi connectivity index (χ0n) is 40.4. The van der Waals surface area contributed by atoms with Crippen molar-refractivity contribution in [3.05, 3.63) is 288 Å². The Kier molecular flexibility index (Phi) is 11.4. The van der Waals surface area contributed by atoms with Crippen LogP contribution in [0.1, 0.15) is 54.5 Å². The van der Waals surface area contributed by atoms with Crippen LogP contribution in [-0.2, 0) is 6.42 Å². The molecule has 0 aliphatic heterocycles. The molecule has 1 heterocycles. The summed E-state index contributed by atoms with van der Waals surface area (Å²) < 4.78 is 2.49. The van der Waals surface area contributed by atoms with Crippen LogP contribution in [-0.4, -0.2) is 4.57 Å². The highest BCUT2D eigenvalue weighted by Crippen LogP contribution is 2.46. The maximum absolute atomic E-state index is 2.49. The van der Waals surface area contributed by atoms with E-state index < -0.39 is 0 Å². The fraction of sp³-hybridized carbons (Fsp3) is 0.0857. The van der Waals surface area contributed by atoms with E-state index in [0.717, 1.165) is 55.6 Å². The average molecular weight is 923 g/mol. The molecule has 0 amide bonds. The van der Waals surface area contributed by atoms with Crippen LogP contribution in [0.5, 0.6) is 0 Å². The van der Waals surface area contributed by atoms with Gasteiger partial charge in [-0.3, -0.25) is 0 Å². The summed E-state index contributed by atoms with van der Waals surface area (Å²) in [5.41, 5.74) is 26.4. The number of rotatable bonds is 10. The highest BCUT2D eigenvalue weighted by molar-refractivity contribution is 6.01. The summed E-state index contributed by atoms with van der Waals surface area (Å²) in [4.78, 5) is 2.46. The molecular weight excluding hydrogens is 869 g/mol. The summed E-state index contributed by atoms with van der Waals surface area (Å²) in [5.74, 6) is 0. The number of anilines is 3. The molecule has 9 aromatic carbocycles. The summed E-state index contributed by atoms with van der Waals surface area (Å²) in [6.07, 6.45) is 16.1. The highest BCUT2D eigenvalue weighted by Gasteiger charge is 2.26. The molecule has 0 saturated heterocycles. The van der Waals surface area contributed by atoms with Crippen molar-refractivity contribution in [1.29, 1.82) is 0 Å². The van der Waals surface area contributed by atoms with Gasteiger partial charge in [0.2, 0.25) is 0 Å². The topological polar surface area (TPSA) is 8.17 Å². The molecule has 3 aliphatic rings. The Labute approximate surface area is 423 Å². The van der Waals surface area contributed by atoms with Gasteiger partial charge in [0, 0.05) is 39.3 Å².